The van der Waals surface area contributed by atoms with E-state index in [4.69, 9.17) is 11.6 Å². The Bertz CT molecular complexity index is 640. The number of aryl methyl sites for hydroxylation is 1. The van der Waals surface area contributed by atoms with Crippen LogP contribution in [0.15, 0.2) is 42.5 Å². The smallest absolute Gasteiger partial charge is 0.256 e. The third-order valence-electron chi connectivity index (χ3n) is 3.08. The molecule has 0 aliphatic rings. The lowest BCUT2D eigenvalue weighted by atomic mass is 10.1. The maximum absolute atomic E-state index is 13.3. The number of para-hydroxylation sites is 1. The van der Waals surface area contributed by atoms with E-state index in [-0.39, 0.29) is 11.3 Å². The fourth-order valence-electron chi connectivity index (χ4n) is 1.99. The summed E-state index contributed by atoms with van der Waals surface area (Å²) in [5.41, 5.74) is 2.52. The number of carbonyl (C=O) groups excluding carboxylic acids is 1. The minimum absolute atomic E-state index is 0.222. The maximum Gasteiger partial charge on any atom is 0.256 e. The van der Waals surface area contributed by atoms with E-state index >= 15 is 0 Å². The number of amides is 1. The van der Waals surface area contributed by atoms with Crippen molar-refractivity contribution in [2.75, 3.05) is 5.32 Å². The Morgan fingerprint density at radius 1 is 1.25 bits per heavy atom. The predicted octanol–water partition coefficient (Wildman–Crippen LogP) is 4.69. The Labute approximate surface area is 122 Å². The molecular formula is C16H15ClFNO. The fourth-order valence-corrected chi connectivity index (χ4v) is 2.18. The first-order valence-corrected chi connectivity index (χ1v) is 6.73. The van der Waals surface area contributed by atoms with Crippen molar-refractivity contribution < 1.29 is 9.18 Å². The van der Waals surface area contributed by atoms with Crippen LogP contribution in [0, 0.1) is 12.7 Å². The summed E-state index contributed by atoms with van der Waals surface area (Å²) in [4.78, 5) is 12.2. The molecule has 0 aliphatic heterocycles. The van der Waals surface area contributed by atoms with Crippen LogP contribution in [0.3, 0.4) is 0 Å². The van der Waals surface area contributed by atoms with Crippen molar-refractivity contribution in [2.24, 2.45) is 0 Å². The van der Waals surface area contributed by atoms with E-state index in [2.05, 4.69) is 5.32 Å². The Balaban J connectivity index is 2.31. The highest BCUT2D eigenvalue weighted by atomic mass is 35.5. The molecule has 104 valence electrons. The van der Waals surface area contributed by atoms with Crippen LogP contribution in [-0.4, -0.2) is 5.91 Å². The molecule has 0 aromatic heterocycles. The number of hydrogen-bond acceptors (Lipinski definition) is 1. The summed E-state index contributed by atoms with van der Waals surface area (Å²) < 4.78 is 13.3. The van der Waals surface area contributed by atoms with Gasteiger partial charge in [-0.25, -0.2) is 4.39 Å². The average molecular weight is 292 g/mol. The zero-order valence-corrected chi connectivity index (χ0v) is 12.0. The van der Waals surface area contributed by atoms with Gasteiger partial charge in [0.1, 0.15) is 5.82 Å². The van der Waals surface area contributed by atoms with Crippen molar-refractivity contribution >= 4 is 23.2 Å². The molecule has 0 saturated heterocycles. The van der Waals surface area contributed by atoms with Crippen LogP contribution in [0.25, 0.3) is 0 Å². The quantitative estimate of drug-likeness (QED) is 0.817. The Morgan fingerprint density at radius 2 is 1.95 bits per heavy atom. The van der Waals surface area contributed by atoms with Crippen LogP contribution >= 0.6 is 11.6 Å². The molecule has 1 atom stereocenters. The van der Waals surface area contributed by atoms with Crippen molar-refractivity contribution in [3.05, 3.63) is 65.0 Å². The normalized spacial score (nSPS) is 12.0. The zero-order chi connectivity index (χ0) is 14.7. The summed E-state index contributed by atoms with van der Waals surface area (Å²) in [5.74, 6) is -0.772. The molecular weight excluding hydrogens is 277 g/mol. The monoisotopic (exact) mass is 291 g/mol. The Kier molecular flexibility index (Phi) is 4.40. The molecule has 0 fully saturated rings. The van der Waals surface area contributed by atoms with Crippen LogP contribution in [-0.2, 0) is 0 Å². The minimum Gasteiger partial charge on any atom is -0.322 e. The number of nitrogens with one attached hydrogen (secondary N) is 1. The van der Waals surface area contributed by atoms with E-state index in [0.717, 1.165) is 11.1 Å². The van der Waals surface area contributed by atoms with E-state index in [1.807, 2.05) is 25.1 Å². The molecule has 20 heavy (non-hydrogen) atoms. The topological polar surface area (TPSA) is 29.1 Å². The second-order valence-electron chi connectivity index (χ2n) is 4.62. The number of alkyl halides is 1. The van der Waals surface area contributed by atoms with Crippen LogP contribution in [0.1, 0.15) is 33.8 Å². The molecule has 2 rings (SSSR count). The first-order valence-electron chi connectivity index (χ1n) is 6.29. The first kappa shape index (κ1) is 14.5. The molecule has 0 spiro atoms. The molecule has 1 unspecified atom stereocenters. The van der Waals surface area contributed by atoms with Crippen molar-refractivity contribution in [3.8, 4) is 0 Å². The van der Waals surface area contributed by atoms with Gasteiger partial charge in [0.05, 0.1) is 5.38 Å². The lowest BCUT2D eigenvalue weighted by Crippen LogP contribution is -2.15. The van der Waals surface area contributed by atoms with Gasteiger partial charge in [0, 0.05) is 11.3 Å². The molecule has 0 bridgehead atoms. The third kappa shape index (κ3) is 3.17. The lowest BCUT2D eigenvalue weighted by Gasteiger charge is -2.13. The number of carbonyl (C=O) groups is 1. The SMILES string of the molecule is Cc1ccc(F)cc1C(=O)Nc1ccccc1C(C)Cl. The van der Waals surface area contributed by atoms with Crippen molar-refractivity contribution in [1.29, 1.82) is 0 Å². The number of anilines is 1. The van der Waals surface area contributed by atoms with Gasteiger partial charge in [0.25, 0.3) is 5.91 Å². The number of hydrogen-bond donors (Lipinski definition) is 1. The van der Waals surface area contributed by atoms with Gasteiger partial charge in [-0.05, 0) is 43.2 Å². The second-order valence-corrected chi connectivity index (χ2v) is 5.27. The van der Waals surface area contributed by atoms with Gasteiger partial charge in [0.15, 0.2) is 0 Å². The van der Waals surface area contributed by atoms with E-state index in [9.17, 15) is 9.18 Å². The summed E-state index contributed by atoms with van der Waals surface area (Å²) in [6, 6.07) is 11.5. The number of halogens is 2. The highest BCUT2D eigenvalue weighted by Crippen LogP contribution is 2.27. The number of rotatable bonds is 3. The maximum atomic E-state index is 13.3. The molecule has 1 amide bonds. The highest BCUT2D eigenvalue weighted by molar-refractivity contribution is 6.21. The highest BCUT2D eigenvalue weighted by Gasteiger charge is 2.14. The third-order valence-corrected chi connectivity index (χ3v) is 3.32. The molecule has 2 aromatic carbocycles. The lowest BCUT2D eigenvalue weighted by molar-refractivity contribution is 0.102. The Morgan fingerprint density at radius 3 is 2.65 bits per heavy atom. The van der Waals surface area contributed by atoms with Gasteiger partial charge in [-0.3, -0.25) is 4.79 Å². The van der Waals surface area contributed by atoms with E-state index in [1.54, 1.807) is 19.1 Å². The van der Waals surface area contributed by atoms with Gasteiger partial charge < -0.3 is 5.32 Å². The standard InChI is InChI=1S/C16H15ClFNO/c1-10-7-8-12(18)9-14(10)16(20)19-15-6-4-3-5-13(15)11(2)17/h3-9,11H,1-2H3,(H,19,20). The summed E-state index contributed by atoms with van der Waals surface area (Å²) in [7, 11) is 0. The summed E-state index contributed by atoms with van der Waals surface area (Å²) in [6.45, 7) is 3.60. The Hall–Kier alpha value is -1.87. The van der Waals surface area contributed by atoms with Crippen LogP contribution in [0.4, 0.5) is 10.1 Å². The molecule has 0 heterocycles. The molecule has 0 aliphatic carbocycles. The largest absolute Gasteiger partial charge is 0.322 e. The van der Waals surface area contributed by atoms with Crippen LogP contribution in [0.2, 0.25) is 0 Å². The first-order chi connectivity index (χ1) is 9.49. The fraction of sp³-hybridized carbons (Fsp3) is 0.188. The van der Waals surface area contributed by atoms with E-state index in [0.29, 0.717) is 11.3 Å². The average Bonchev–Trinajstić information content (AvgIpc) is 2.41. The second kappa shape index (κ2) is 6.06. The molecule has 2 nitrogen and oxygen atoms in total. The molecule has 0 saturated carbocycles. The molecule has 1 N–H and O–H groups in total. The van der Waals surface area contributed by atoms with Crippen LogP contribution in [0.5, 0.6) is 0 Å². The predicted molar refractivity (Wildman–Crippen MR) is 79.8 cm³/mol. The summed E-state index contributed by atoms with van der Waals surface area (Å²) in [5, 5.41) is 2.56. The van der Waals surface area contributed by atoms with Crippen molar-refractivity contribution in [1.82, 2.24) is 0 Å². The van der Waals surface area contributed by atoms with Gasteiger partial charge in [-0.15, -0.1) is 11.6 Å². The van der Waals surface area contributed by atoms with Gasteiger partial charge in [-0.1, -0.05) is 24.3 Å². The number of benzene rings is 2. The zero-order valence-electron chi connectivity index (χ0n) is 11.3. The summed E-state index contributed by atoms with van der Waals surface area (Å²) >= 11 is 6.08. The molecule has 4 heteroatoms. The minimum atomic E-state index is -0.431. The van der Waals surface area contributed by atoms with Gasteiger partial charge in [0.2, 0.25) is 0 Å². The van der Waals surface area contributed by atoms with Crippen molar-refractivity contribution in [3.63, 3.8) is 0 Å². The van der Waals surface area contributed by atoms with Gasteiger partial charge >= 0.3 is 0 Å². The van der Waals surface area contributed by atoms with Crippen LogP contribution < -0.4 is 5.32 Å². The molecule has 2 aromatic rings. The van der Waals surface area contributed by atoms with Crippen molar-refractivity contribution in [2.45, 2.75) is 19.2 Å². The van der Waals surface area contributed by atoms with E-state index in [1.165, 1.54) is 12.1 Å². The molecule has 0 radical (unpaired) electrons. The van der Waals surface area contributed by atoms with Gasteiger partial charge in [-0.2, -0.15) is 0 Å². The summed E-state index contributed by atoms with van der Waals surface area (Å²) in [6.07, 6.45) is 0. The van der Waals surface area contributed by atoms with E-state index < -0.39 is 5.82 Å².